The van der Waals surface area contributed by atoms with E-state index in [1.54, 1.807) is 31.3 Å². The minimum atomic E-state index is -0.513. The molecule has 104 valence electrons. The van der Waals surface area contributed by atoms with Crippen molar-refractivity contribution in [2.24, 2.45) is 0 Å². The molecule has 0 radical (unpaired) electrons. The van der Waals surface area contributed by atoms with E-state index >= 15 is 0 Å². The highest BCUT2D eigenvalue weighted by Crippen LogP contribution is 2.27. The quantitative estimate of drug-likeness (QED) is 0.847. The van der Waals surface area contributed by atoms with Crippen molar-refractivity contribution in [3.63, 3.8) is 0 Å². The van der Waals surface area contributed by atoms with Gasteiger partial charge in [-0.2, -0.15) is 0 Å². The topological polar surface area (TPSA) is 41.1 Å². The molecule has 1 amide bonds. The molecule has 2 rings (SSSR count). The van der Waals surface area contributed by atoms with Crippen molar-refractivity contribution in [1.82, 2.24) is 0 Å². The highest BCUT2D eigenvalue weighted by atomic mass is 79.9. The van der Waals surface area contributed by atoms with E-state index in [2.05, 4.69) is 26.6 Å². The van der Waals surface area contributed by atoms with Crippen LogP contribution in [-0.4, -0.2) is 13.0 Å². The Balaban J connectivity index is 2.35. The zero-order valence-corrected chi connectivity index (χ0v) is 12.8. The number of hydrogen-bond acceptors (Lipinski definition) is 2. The van der Waals surface area contributed by atoms with Gasteiger partial charge in [-0.15, -0.1) is 0 Å². The van der Waals surface area contributed by atoms with E-state index in [1.165, 1.54) is 12.1 Å². The molecule has 20 heavy (non-hydrogen) atoms. The first-order chi connectivity index (χ1) is 9.52. The number of hydrogen-bond donors (Lipinski definition) is 2. The second-order valence-electron chi connectivity index (χ2n) is 3.99. The molecule has 0 spiro atoms. The summed E-state index contributed by atoms with van der Waals surface area (Å²) in [5.74, 6) is -0.955. The highest BCUT2D eigenvalue weighted by Gasteiger charge is 2.15. The summed E-state index contributed by atoms with van der Waals surface area (Å²) in [6.07, 6.45) is 0. The van der Waals surface area contributed by atoms with Gasteiger partial charge in [0.05, 0.1) is 11.3 Å². The summed E-state index contributed by atoms with van der Waals surface area (Å²) in [7, 11) is 1.69. The molecule has 0 bridgehead atoms. The SMILES string of the molecule is CNc1ccc(Cl)cc1C(=O)Nc1c(F)cccc1Br. The Labute approximate surface area is 129 Å². The van der Waals surface area contributed by atoms with Gasteiger partial charge in [-0.3, -0.25) is 4.79 Å². The van der Waals surface area contributed by atoms with Crippen LogP contribution in [0, 0.1) is 5.82 Å². The number of anilines is 2. The molecule has 6 heteroatoms. The first-order valence-electron chi connectivity index (χ1n) is 5.75. The molecule has 0 atom stereocenters. The molecule has 2 N–H and O–H groups in total. The number of para-hydroxylation sites is 1. The number of halogens is 3. The van der Waals surface area contributed by atoms with Gasteiger partial charge in [-0.1, -0.05) is 17.7 Å². The van der Waals surface area contributed by atoms with Crippen LogP contribution in [0.15, 0.2) is 40.9 Å². The van der Waals surface area contributed by atoms with Crippen LogP contribution in [0.25, 0.3) is 0 Å². The average Bonchev–Trinajstić information content (AvgIpc) is 2.43. The Bertz CT molecular complexity index is 643. The van der Waals surface area contributed by atoms with Crippen molar-refractivity contribution in [2.45, 2.75) is 0 Å². The van der Waals surface area contributed by atoms with E-state index in [-0.39, 0.29) is 5.69 Å². The summed E-state index contributed by atoms with van der Waals surface area (Å²) in [5, 5.41) is 5.86. The van der Waals surface area contributed by atoms with E-state index in [9.17, 15) is 9.18 Å². The van der Waals surface area contributed by atoms with Crippen LogP contribution < -0.4 is 10.6 Å². The van der Waals surface area contributed by atoms with Crippen molar-refractivity contribution in [3.8, 4) is 0 Å². The number of benzene rings is 2. The number of carbonyl (C=O) groups is 1. The molecule has 0 aliphatic carbocycles. The third-order valence-electron chi connectivity index (χ3n) is 2.70. The van der Waals surface area contributed by atoms with Crippen LogP contribution in [0.4, 0.5) is 15.8 Å². The zero-order chi connectivity index (χ0) is 14.7. The number of nitrogens with one attached hydrogen (secondary N) is 2. The fourth-order valence-electron chi connectivity index (χ4n) is 1.72. The monoisotopic (exact) mass is 356 g/mol. The van der Waals surface area contributed by atoms with E-state index in [0.29, 0.717) is 20.7 Å². The Morgan fingerprint density at radius 2 is 2.05 bits per heavy atom. The van der Waals surface area contributed by atoms with E-state index in [4.69, 9.17) is 11.6 Å². The molecule has 2 aromatic rings. The van der Waals surface area contributed by atoms with E-state index in [0.717, 1.165) is 0 Å². The summed E-state index contributed by atoms with van der Waals surface area (Å²) in [6.45, 7) is 0. The summed E-state index contributed by atoms with van der Waals surface area (Å²) in [6, 6.07) is 9.36. The molecule has 0 aliphatic rings. The van der Waals surface area contributed by atoms with Crippen LogP contribution >= 0.6 is 27.5 Å². The van der Waals surface area contributed by atoms with Crippen molar-refractivity contribution < 1.29 is 9.18 Å². The minimum absolute atomic E-state index is 0.0968. The molecule has 2 aromatic carbocycles. The van der Waals surface area contributed by atoms with Gasteiger partial charge in [-0.05, 0) is 46.3 Å². The summed E-state index contributed by atoms with van der Waals surface area (Å²) in [5.41, 5.74) is 1.05. The van der Waals surface area contributed by atoms with Crippen LogP contribution in [-0.2, 0) is 0 Å². The van der Waals surface area contributed by atoms with Gasteiger partial charge in [0.2, 0.25) is 0 Å². The second kappa shape index (κ2) is 6.24. The summed E-state index contributed by atoms with van der Waals surface area (Å²) >= 11 is 9.09. The Hall–Kier alpha value is -1.59. The van der Waals surface area contributed by atoms with Gasteiger partial charge in [-0.25, -0.2) is 4.39 Å². The molecule has 0 saturated heterocycles. The van der Waals surface area contributed by atoms with Crippen molar-refractivity contribution >= 4 is 44.8 Å². The van der Waals surface area contributed by atoms with Gasteiger partial charge in [0.25, 0.3) is 5.91 Å². The fraction of sp³-hybridized carbons (Fsp3) is 0.0714. The third kappa shape index (κ3) is 3.11. The van der Waals surface area contributed by atoms with Crippen LogP contribution in [0.2, 0.25) is 5.02 Å². The predicted molar refractivity (Wildman–Crippen MR) is 83.1 cm³/mol. The molecule has 3 nitrogen and oxygen atoms in total. The van der Waals surface area contributed by atoms with Crippen molar-refractivity contribution in [1.29, 1.82) is 0 Å². The third-order valence-corrected chi connectivity index (χ3v) is 3.59. The standard InChI is InChI=1S/C14H11BrClFN2O/c1-18-12-6-5-8(16)7-9(12)14(20)19-13-10(15)3-2-4-11(13)17/h2-7,18H,1H3,(H,19,20). The van der Waals surface area contributed by atoms with Crippen molar-refractivity contribution in [3.05, 3.63) is 57.3 Å². The Morgan fingerprint density at radius 3 is 2.70 bits per heavy atom. The van der Waals surface area contributed by atoms with Gasteiger partial charge in [0.1, 0.15) is 5.82 Å². The molecule has 0 unspecified atom stereocenters. The molecule has 0 saturated carbocycles. The largest absolute Gasteiger partial charge is 0.387 e. The Morgan fingerprint density at radius 1 is 1.30 bits per heavy atom. The Kier molecular flexibility index (Phi) is 4.62. The van der Waals surface area contributed by atoms with Crippen LogP contribution in [0.5, 0.6) is 0 Å². The molecule has 0 aliphatic heterocycles. The summed E-state index contributed by atoms with van der Waals surface area (Å²) in [4.78, 5) is 12.3. The van der Waals surface area contributed by atoms with Crippen LogP contribution in [0.1, 0.15) is 10.4 Å². The van der Waals surface area contributed by atoms with Gasteiger partial charge >= 0.3 is 0 Å². The lowest BCUT2D eigenvalue weighted by Gasteiger charge is -2.12. The minimum Gasteiger partial charge on any atom is -0.387 e. The zero-order valence-electron chi connectivity index (χ0n) is 10.5. The lowest BCUT2D eigenvalue weighted by molar-refractivity contribution is 0.102. The average molecular weight is 358 g/mol. The summed E-state index contributed by atoms with van der Waals surface area (Å²) < 4.78 is 14.2. The first-order valence-corrected chi connectivity index (χ1v) is 6.92. The van der Waals surface area contributed by atoms with Gasteiger partial charge < -0.3 is 10.6 Å². The second-order valence-corrected chi connectivity index (χ2v) is 5.28. The lowest BCUT2D eigenvalue weighted by Crippen LogP contribution is -2.15. The fourth-order valence-corrected chi connectivity index (χ4v) is 2.33. The molecule has 0 aromatic heterocycles. The lowest BCUT2D eigenvalue weighted by atomic mass is 10.1. The van der Waals surface area contributed by atoms with E-state index < -0.39 is 11.7 Å². The van der Waals surface area contributed by atoms with Gasteiger partial charge in [0, 0.05) is 22.2 Å². The number of rotatable bonds is 3. The highest BCUT2D eigenvalue weighted by molar-refractivity contribution is 9.10. The maximum Gasteiger partial charge on any atom is 0.257 e. The predicted octanol–water partition coefficient (Wildman–Crippen LogP) is 4.54. The maximum absolute atomic E-state index is 13.7. The molecule has 0 fully saturated rings. The number of amides is 1. The van der Waals surface area contributed by atoms with E-state index in [1.807, 2.05) is 0 Å². The normalized spacial score (nSPS) is 10.2. The molecular weight excluding hydrogens is 347 g/mol. The number of carbonyl (C=O) groups excluding carboxylic acids is 1. The first kappa shape index (κ1) is 14.8. The van der Waals surface area contributed by atoms with Crippen molar-refractivity contribution in [2.75, 3.05) is 17.7 Å². The molecular formula is C14H11BrClFN2O. The van der Waals surface area contributed by atoms with Crippen LogP contribution in [0.3, 0.4) is 0 Å². The maximum atomic E-state index is 13.7. The smallest absolute Gasteiger partial charge is 0.257 e. The molecule has 0 heterocycles. The van der Waals surface area contributed by atoms with Gasteiger partial charge in [0.15, 0.2) is 0 Å².